The standard InChI is InChI=1S/C12H23N3O4S/c1-10-8-15(7-6-13(10)2)20(18,19)14-5-3-4-11(9-14)12(16)17/h10-11H,3-9H2,1-2H3,(H,16,17). The van der Waals surface area contributed by atoms with E-state index >= 15 is 0 Å². The van der Waals surface area contributed by atoms with Crippen molar-refractivity contribution in [1.29, 1.82) is 0 Å². The fourth-order valence-electron chi connectivity index (χ4n) is 2.74. The highest BCUT2D eigenvalue weighted by molar-refractivity contribution is 7.86. The molecule has 2 aliphatic rings. The molecular weight excluding hydrogens is 282 g/mol. The second kappa shape index (κ2) is 5.97. The molecule has 0 bridgehead atoms. The van der Waals surface area contributed by atoms with E-state index in [2.05, 4.69) is 4.90 Å². The molecule has 0 radical (unpaired) electrons. The van der Waals surface area contributed by atoms with Gasteiger partial charge in [-0.15, -0.1) is 0 Å². The molecule has 0 aliphatic carbocycles. The van der Waals surface area contributed by atoms with Gasteiger partial charge in [-0.2, -0.15) is 17.0 Å². The molecule has 2 fully saturated rings. The molecular formula is C12H23N3O4S. The van der Waals surface area contributed by atoms with Crippen LogP contribution in [0.3, 0.4) is 0 Å². The van der Waals surface area contributed by atoms with Crippen molar-refractivity contribution < 1.29 is 18.3 Å². The SMILES string of the molecule is CC1CN(S(=O)(=O)N2CCCC(C(=O)O)C2)CCN1C. The van der Waals surface area contributed by atoms with Crippen LogP contribution in [0, 0.1) is 5.92 Å². The number of hydrogen-bond donors (Lipinski definition) is 1. The summed E-state index contributed by atoms with van der Waals surface area (Å²) < 4.78 is 28.0. The van der Waals surface area contributed by atoms with Crippen LogP contribution in [0.2, 0.25) is 0 Å². The molecule has 0 amide bonds. The maximum atomic E-state index is 12.6. The fraction of sp³-hybridized carbons (Fsp3) is 0.917. The van der Waals surface area contributed by atoms with Gasteiger partial charge in [-0.25, -0.2) is 0 Å². The van der Waals surface area contributed by atoms with Gasteiger partial charge in [0.15, 0.2) is 0 Å². The van der Waals surface area contributed by atoms with Gasteiger partial charge in [0.25, 0.3) is 10.2 Å². The molecule has 2 rings (SSSR count). The van der Waals surface area contributed by atoms with Crippen molar-refractivity contribution in [2.24, 2.45) is 5.92 Å². The van der Waals surface area contributed by atoms with Gasteiger partial charge in [-0.3, -0.25) is 4.79 Å². The maximum Gasteiger partial charge on any atom is 0.307 e. The van der Waals surface area contributed by atoms with E-state index in [0.29, 0.717) is 39.0 Å². The number of likely N-dealkylation sites (N-methyl/N-ethyl adjacent to an activating group) is 1. The fourth-order valence-corrected chi connectivity index (χ4v) is 4.51. The Hall–Kier alpha value is -0.700. The van der Waals surface area contributed by atoms with Gasteiger partial charge in [0, 0.05) is 38.8 Å². The average Bonchev–Trinajstić information content (AvgIpc) is 2.42. The summed E-state index contributed by atoms with van der Waals surface area (Å²) in [5, 5.41) is 9.07. The third kappa shape index (κ3) is 3.13. The number of piperazine rings is 1. The van der Waals surface area contributed by atoms with Gasteiger partial charge in [-0.1, -0.05) is 0 Å². The third-order valence-corrected chi connectivity index (χ3v) is 6.28. The van der Waals surface area contributed by atoms with Crippen LogP contribution in [-0.2, 0) is 15.0 Å². The molecule has 7 nitrogen and oxygen atoms in total. The van der Waals surface area contributed by atoms with Crippen LogP contribution in [0.15, 0.2) is 0 Å². The zero-order valence-electron chi connectivity index (χ0n) is 12.0. The molecule has 8 heteroatoms. The van der Waals surface area contributed by atoms with Gasteiger partial charge in [0.05, 0.1) is 5.92 Å². The van der Waals surface area contributed by atoms with Crippen LogP contribution in [-0.4, -0.2) is 78.8 Å². The van der Waals surface area contributed by atoms with Crippen LogP contribution >= 0.6 is 0 Å². The Morgan fingerprint density at radius 2 is 1.80 bits per heavy atom. The van der Waals surface area contributed by atoms with Crippen molar-refractivity contribution in [1.82, 2.24) is 13.5 Å². The van der Waals surface area contributed by atoms with Crippen molar-refractivity contribution in [2.75, 3.05) is 39.8 Å². The number of aliphatic carboxylic acids is 1. The van der Waals surface area contributed by atoms with Crippen LogP contribution < -0.4 is 0 Å². The lowest BCUT2D eigenvalue weighted by molar-refractivity contribution is -0.142. The van der Waals surface area contributed by atoms with E-state index in [1.807, 2.05) is 14.0 Å². The molecule has 2 atom stereocenters. The summed E-state index contributed by atoms with van der Waals surface area (Å²) in [6, 6.07) is 0.179. The summed E-state index contributed by atoms with van der Waals surface area (Å²) in [5.74, 6) is -1.49. The minimum atomic E-state index is -3.53. The largest absolute Gasteiger partial charge is 0.481 e. The Balaban J connectivity index is 2.08. The highest BCUT2D eigenvalue weighted by Gasteiger charge is 2.37. The van der Waals surface area contributed by atoms with E-state index in [9.17, 15) is 13.2 Å². The van der Waals surface area contributed by atoms with Gasteiger partial charge in [-0.05, 0) is 26.8 Å². The third-order valence-electron chi connectivity index (χ3n) is 4.31. The first-order chi connectivity index (χ1) is 9.32. The summed E-state index contributed by atoms with van der Waals surface area (Å²) in [6.07, 6.45) is 1.17. The van der Waals surface area contributed by atoms with E-state index in [1.165, 1.54) is 8.61 Å². The van der Waals surface area contributed by atoms with Crippen molar-refractivity contribution in [3.63, 3.8) is 0 Å². The minimum absolute atomic E-state index is 0.0956. The first-order valence-corrected chi connectivity index (χ1v) is 8.40. The molecule has 116 valence electrons. The van der Waals surface area contributed by atoms with Crippen molar-refractivity contribution in [3.05, 3.63) is 0 Å². The molecule has 0 aromatic rings. The second-order valence-electron chi connectivity index (χ2n) is 5.73. The monoisotopic (exact) mass is 305 g/mol. The molecule has 0 saturated carbocycles. The number of hydrogen-bond acceptors (Lipinski definition) is 4. The first kappa shape index (κ1) is 15.7. The lowest BCUT2D eigenvalue weighted by Crippen LogP contribution is -2.57. The summed E-state index contributed by atoms with van der Waals surface area (Å²) in [7, 11) is -1.55. The predicted molar refractivity (Wildman–Crippen MR) is 74.5 cm³/mol. The molecule has 2 heterocycles. The lowest BCUT2D eigenvalue weighted by atomic mass is 10.0. The zero-order valence-corrected chi connectivity index (χ0v) is 12.8. The topological polar surface area (TPSA) is 81.2 Å². The molecule has 20 heavy (non-hydrogen) atoms. The molecule has 2 unspecified atom stereocenters. The predicted octanol–water partition coefficient (Wildman–Crippen LogP) is -0.336. The Morgan fingerprint density at radius 3 is 2.40 bits per heavy atom. The molecule has 0 spiro atoms. The van der Waals surface area contributed by atoms with Gasteiger partial charge in [0.1, 0.15) is 0 Å². The molecule has 2 aliphatic heterocycles. The minimum Gasteiger partial charge on any atom is -0.481 e. The smallest absolute Gasteiger partial charge is 0.307 e. The Bertz CT molecular complexity index is 467. The van der Waals surface area contributed by atoms with Crippen molar-refractivity contribution >= 4 is 16.2 Å². The van der Waals surface area contributed by atoms with Crippen LogP contribution in [0.1, 0.15) is 19.8 Å². The normalized spacial score (nSPS) is 31.3. The Labute approximate surface area is 120 Å². The van der Waals surface area contributed by atoms with E-state index in [1.54, 1.807) is 0 Å². The maximum absolute atomic E-state index is 12.6. The number of carboxylic acids is 1. The molecule has 1 N–H and O–H groups in total. The Morgan fingerprint density at radius 1 is 1.15 bits per heavy atom. The number of piperidine rings is 1. The lowest BCUT2D eigenvalue weighted by Gasteiger charge is -2.40. The van der Waals surface area contributed by atoms with Crippen molar-refractivity contribution in [2.45, 2.75) is 25.8 Å². The van der Waals surface area contributed by atoms with Gasteiger partial charge >= 0.3 is 5.97 Å². The van der Waals surface area contributed by atoms with Gasteiger partial charge < -0.3 is 10.0 Å². The van der Waals surface area contributed by atoms with Gasteiger partial charge in [0.2, 0.25) is 0 Å². The number of rotatable bonds is 3. The molecule has 0 aromatic carbocycles. The van der Waals surface area contributed by atoms with E-state index in [4.69, 9.17) is 5.11 Å². The summed E-state index contributed by atoms with van der Waals surface area (Å²) in [5.41, 5.74) is 0. The van der Waals surface area contributed by atoms with Crippen molar-refractivity contribution in [3.8, 4) is 0 Å². The van der Waals surface area contributed by atoms with Crippen LogP contribution in [0.5, 0.6) is 0 Å². The quantitative estimate of drug-likeness (QED) is 0.772. The first-order valence-electron chi connectivity index (χ1n) is 7.00. The highest BCUT2D eigenvalue weighted by Crippen LogP contribution is 2.22. The summed E-state index contributed by atoms with van der Waals surface area (Å²) in [6.45, 7) is 4.16. The van der Waals surface area contributed by atoms with E-state index in [0.717, 1.165) is 0 Å². The zero-order chi connectivity index (χ0) is 14.9. The summed E-state index contributed by atoms with van der Waals surface area (Å²) >= 11 is 0. The number of nitrogens with zero attached hydrogens (tertiary/aromatic N) is 3. The highest BCUT2D eigenvalue weighted by atomic mass is 32.2. The van der Waals surface area contributed by atoms with E-state index in [-0.39, 0.29) is 12.6 Å². The average molecular weight is 305 g/mol. The Kier molecular flexibility index (Phi) is 4.68. The van der Waals surface area contributed by atoms with Crippen LogP contribution in [0.4, 0.5) is 0 Å². The van der Waals surface area contributed by atoms with E-state index < -0.39 is 22.1 Å². The second-order valence-corrected chi connectivity index (χ2v) is 7.66. The molecule has 2 saturated heterocycles. The molecule has 0 aromatic heterocycles. The summed E-state index contributed by atoms with van der Waals surface area (Å²) in [4.78, 5) is 13.2. The number of carboxylic acid groups (broad SMARTS) is 1. The number of carbonyl (C=O) groups is 1. The van der Waals surface area contributed by atoms with Crippen LogP contribution in [0.25, 0.3) is 0 Å².